The third-order valence-corrected chi connectivity index (χ3v) is 7.31. The van der Waals surface area contributed by atoms with Gasteiger partial charge in [-0.3, -0.25) is 4.90 Å². The number of β-amino-alcohol motifs (C(OH)–C–C–N with tert-alkyl or cyclic N) is 1. The van der Waals surface area contributed by atoms with Gasteiger partial charge in [0.2, 0.25) is 0 Å². The van der Waals surface area contributed by atoms with Crippen LogP contribution in [-0.4, -0.2) is 92.7 Å². The zero-order valence-corrected chi connectivity index (χ0v) is 22.2. The number of piperidine rings is 1. The molecular formula is C27H42N6O3. The van der Waals surface area contributed by atoms with Gasteiger partial charge < -0.3 is 29.7 Å². The molecule has 0 radical (unpaired) electrons. The van der Waals surface area contributed by atoms with Gasteiger partial charge in [0, 0.05) is 52.9 Å². The summed E-state index contributed by atoms with van der Waals surface area (Å²) >= 11 is 0. The predicted octanol–water partition coefficient (Wildman–Crippen LogP) is 2.39. The van der Waals surface area contributed by atoms with Gasteiger partial charge in [0.1, 0.15) is 24.6 Å². The number of anilines is 2. The van der Waals surface area contributed by atoms with E-state index in [0.29, 0.717) is 32.7 Å². The van der Waals surface area contributed by atoms with Crippen molar-refractivity contribution in [2.75, 3.05) is 76.9 Å². The monoisotopic (exact) mass is 498 g/mol. The summed E-state index contributed by atoms with van der Waals surface area (Å²) in [5.41, 5.74) is 0.289. The molecule has 2 aliphatic heterocycles. The maximum absolute atomic E-state index is 11.1. The number of hydrogen-bond donors (Lipinski definition) is 2. The normalized spacial score (nSPS) is 21.1. The standard InChI is InChI=1S/C27H42N6O3/c1-21-7-10-32(11-8-21)13-14-36-23-6-5-22(15-24(23)35-4)17-28-18-27(34)9-12-33(19-27)26-16-25(31(2)3)29-20-30-26/h5-6,15-16,20-21,28,34H,7-14,17-19H2,1-4H3/t27-/m0/s1. The average molecular weight is 499 g/mol. The average Bonchev–Trinajstić information content (AvgIpc) is 3.28. The Hall–Kier alpha value is -2.62. The van der Waals surface area contributed by atoms with Crippen molar-refractivity contribution in [1.82, 2.24) is 20.2 Å². The van der Waals surface area contributed by atoms with E-state index in [9.17, 15) is 5.11 Å². The van der Waals surface area contributed by atoms with Crippen LogP contribution < -0.4 is 24.6 Å². The molecule has 0 saturated carbocycles. The number of aromatic nitrogens is 2. The van der Waals surface area contributed by atoms with E-state index < -0.39 is 5.60 Å². The second-order valence-corrected chi connectivity index (χ2v) is 10.5. The van der Waals surface area contributed by atoms with Crippen LogP contribution in [0.3, 0.4) is 0 Å². The lowest BCUT2D eigenvalue weighted by atomic mass is 9.99. The van der Waals surface area contributed by atoms with Crippen molar-refractivity contribution in [1.29, 1.82) is 0 Å². The van der Waals surface area contributed by atoms with Crippen molar-refractivity contribution in [3.05, 3.63) is 36.2 Å². The fourth-order valence-electron chi connectivity index (χ4n) is 4.90. The lowest BCUT2D eigenvalue weighted by molar-refractivity contribution is 0.0626. The van der Waals surface area contributed by atoms with Crippen molar-refractivity contribution in [3.8, 4) is 11.5 Å². The Morgan fingerprint density at radius 2 is 1.94 bits per heavy atom. The molecule has 1 atom stereocenters. The maximum atomic E-state index is 11.1. The molecular weight excluding hydrogens is 456 g/mol. The molecule has 1 aromatic carbocycles. The van der Waals surface area contributed by atoms with Crippen molar-refractivity contribution < 1.29 is 14.6 Å². The van der Waals surface area contributed by atoms with Crippen LogP contribution in [0.25, 0.3) is 0 Å². The molecule has 0 spiro atoms. The minimum absolute atomic E-state index is 0.504. The topological polar surface area (TPSA) is 86.2 Å². The lowest BCUT2D eigenvalue weighted by Crippen LogP contribution is -2.43. The van der Waals surface area contributed by atoms with E-state index in [-0.39, 0.29) is 0 Å². The summed E-state index contributed by atoms with van der Waals surface area (Å²) in [5.74, 6) is 4.06. The fraction of sp³-hybridized carbons (Fsp3) is 0.630. The van der Waals surface area contributed by atoms with Gasteiger partial charge in [-0.1, -0.05) is 13.0 Å². The SMILES string of the molecule is COc1cc(CNC[C@@]2(O)CCN(c3cc(N(C)C)ncn3)C2)ccc1OCCN1CCC(C)CC1. The summed E-state index contributed by atoms with van der Waals surface area (Å²) in [6, 6.07) is 8.02. The summed E-state index contributed by atoms with van der Waals surface area (Å²) in [6.07, 6.45) is 4.81. The third kappa shape index (κ3) is 6.99. The Labute approximate surface area is 215 Å². The van der Waals surface area contributed by atoms with Crippen molar-refractivity contribution in [2.45, 2.75) is 38.3 Å². The molecule has 4 rings (SSSR count). The zero-order valence-electron chi connectivity index (χ0n) is 22.2. The van der Waals surface area contributed by atoms with Crippen LogP contribution in [0.2, 0.25) is 0 Å². The van der Waals surface area contributed by atoms with Gasteiger partial charge in [0.25, 0.3) is 0 Å². The van der Waals surface area contributed by atoms with Crippen LogP contribution in [0.1, 0.15) is 31.7 Å². The van der Waals surface area contributed by atoms with Crippen LogP contribution in [0.4, 0.5) is 11.6 Å². The highest BCUT2D eigenvalue weighted by molar-refractivity contribution is 5.50. The van der Waals surface area contributed by atoms with Crippen molar-refractivity contribution in [2.24, 2.45) is 5.92 Å². The first-order chi connectivity index (χ1) is 17.3. The lowest BCUT2D eigenvalue weighted by Gasteiger charge is -2.30. The van der Waals surface area contributed by atoms with Crippen LogP contribution in [0.5, 0.6) is 11.5 Å². The zero-order chi connectivity index (χ0) is 25.5. The van der Waals surface area contributed by atoms with E-state index in [1.54, 1.807) is 13.4 Å². The van der Waals surface area contributed by atoms with E-state index >= 15 is 0 Å². The molecule has 36 heavy (non-hydrogen) atoms. The van der Waals surface area contributed by atoms with Crippen LogP contribution in [-0.2, 0) is 6.54 Å². The summed E-state index contributed by atoms with van der Waals surface area (Å²) in [4.78, 5) is 15.2. The summed E-state index contributed by atoms with van der Waals surface area (Å²) in [7, 11) is 5.59. The third-order valence-electron chi connectivity index (χ3n) is 7.31. The molecule has 2 aliphatic rings. The molecule has 9 heteroatoms. The minimum Gasteiger partial charge on any atom is -0.493 e. The summed E-state index contributed by atoms with van der Waals surface area (Å²) in [6.45, 7) is 8.70. The highest BCUT2D eigenvalue weighted by Gasteiger charge is 2.36. The van der Waals surface area contributed by atoms with Gasteiger partial charge in [-0.2, -0.15) is 0 Å². The van der Waals surface area contributed by atoms with Gasteiger partial charge in [-0.25, -0.2) is 9.97 Å². The number of ether oxygens (including phenoxy) is 2. The smallest absolute Gasteiger partial charge is 0.161 e. The Morgan fingerprint density at radius 3 is 2.69 bits per heavy atom. The molecule has 198 valence electrons. The molecule has 0 aliphatic carbocycles. The van der Waals surface area contributed by atoms with Crippen LogP contribution in [0, 0.1) is 5.92 Å². The second kappa shape index (κ2) is 12.1. The van der Waals surface area contributed by atoms with Crippen LogP contribution in [0.15, 0.2) is 30.6 Å². The maximum Gasteiger partial charge on any atom is 0.161 e. The quantitative estimate of drug-likeness (QED) is 0.485. The van der Waals surface area contributed by atoms with Gasteiger partial charge in [-0.15, -0.1) is 0 Å². The molecule has 2 aromatic rings. The molecule has 0 unspecified atom stereocenters. The van der Waals surface area contributed by atoms with Gasteiger partial charge >= 0.3 is 0 Å². The van der Waals surface area contributed by atoms with E-state index in [1.807, 2.05) is 37.2 Å². The van der Waals surface area contributed by atoms with E-state index in [1.165, 1.54) is 12.8 Å². The Balaban J connectivity index is 1.24. The Morgan fingerprint density at radius 1 is 1.14 bits per heavy atom. The number of benzene rings is 1. The second-order valence-electron chi connectivity index (χ2n) is 10.5. The first-order valence-electron chi connectivity index (χ1n) is 13.0. The number of likely N-dealkylation sites (tertiary alicyclic amines) is 1. The predicted molar refractivity (Wildman–Crippen MR) is 143 cm³/mol. The molecule has 1 aromatic heterocycles. The Bertz CT molecular complexity index is 982. The van der Waals surface area contributed by atoms with Crippen molar-refractivity contribution in [3.63, 3.8) is 0 Å². The number of methoxy groups -OCH3 is 1. The van der Waals surface area contributed by atoms with Gasteiger partial charge in [-0.05, 0) is 56.0 Å². The number of aliphatic hydroxyl groups is 1. The summed E-state index contributed by atoms with van der Waals surface area (Å²) in [5, 5.41) is 14.6. The molecule has 0 amide bonds. The number of rotatable bonds is 11. The molecule has 2 fully saturated rings. The minimum atomic E-state index is -0.803. The first-order valence-corrected chi connectivity index (χ1v) is 13.0. The van der Waals surface area contributed by atoms with Gasteiger partial charge in [0.15, 0.2) is 11.5 Å². The molecule has 0 bridgehead atoms. The summed E-state index contributed by atoms with van der Waals surface area (Å²) < 4.78 is 11.6. The molecule has 3 heterocycles. The molecule has 2 N–H and O–H groups in total. The molecule has 9 nitrogen and oxygen atoms in total. The Kier molecular flexibility index (Phi) is 8.87. The van der Waals surface area contributed by atoms with E-state index in [4.69, 9.17) is 9.47 Å². The fourth-order valence-corrected chi connectivity index (χ4v) is 4.90. The number of nitrogens with one attached hydrogen (secondary N) is 1. The highest BCUT2D eigenvalue weighted by atomic mass is 16.5. The van der Waals surface area contributed by atoms with Gasteiger partial charge in [0.05, 0.1) is 12.7 Å². The molecule has 2 saturated heterocycles. The van der Waals surface area contributed by atoms with Crippen molar-refractivity contribution >= 4 is 11.6 Å². The highest BCUT2D eigenvalue weighted by Crippen LogP contribution is 2.29. The number of nitrogens with zero attached hydrogens (tertiary/aromatic N) is 5. The van der Waals surface area contributed by atoms with Crippen LogP contribution >= 0.6 is 0 Å². The van der Waals surface area contributed by atoms with E-state index in [0.717, 1.165) is 60.8 Å². The first kappa shape index (κ1) is 26.4. The van der Waals surface area contributed by atoms with E-state index in [2.05, 4.69) is 38.1 Å². The largest absolute Gasteiger partial charge is 0.493 e. The number of hydrogen-bond acceptors (Lipinski definition) is 9.